The Labute approximate surface area is 109 Å². The summed E-state index contributed by atoms with van der Waals surface area (Å²) in [6.07, 6.45) is 3.36. The molecule has 2 heteroatoms. The van der Waals surface area contributed by atoms with Gasteiger partial charge >= 0.3 is 5.97 Å². The van der Waals surface area contributed by atoms with Crippen LogP contribution in [0.5, 0.6) is 0 Å². The number of hydrogen-bond donors (Lipinski definition) is 1. The Hall–Kier alpha value is -1.31. The largest absolute Gasteiger partial charge is 0.478 e. The SMILES string of the molecule is Cc1c(C)c2c(c(C)c1C(=O)O)CCCC2(C)C. The molecule has 0 spiro atoms. The lowest BCUT2D eigenvalue weighted by atomic mass is 9.68. The summed E-state index contributed by atoms with van der Waals surface area (Å²) in [5, 5.41) is 9.40. The van der Waals surface area contributed by atoms with Crippen LogP contribution in [0, 0.1) is 20.8 Å². The number of aromatic carboxylic acids is 1. The first-order valence-electron chi connectivity index (χ1n) is 6.63. The Morgan fingerprint density at radius 3 is 2.28 bits per heavy atom. The first-order valence-corrected chi connectivity index (χ1v) is 6.63. The van der Waals surface area contributed by atoms with Gasteiger partial charge in [0.15, 0.2) is 0 Å². The number of carboxylic acids is 1. The van der Waals surface area contributed by atoms with Crippen molar-refractivity contribution in [3.8, 4) is 0 Å². The van der Waals surface area contributed by atoms with Gasteiger partial charge in [0.2, 0.25) is 0 Å². The molecule has 2 rings (SSSR count). The van der Waals surface area contributed by atoms with Crippen molar-refractivity contribution in [1.82, 2.24) is 0 Å². The van der Waals surface area contributed by atoms with E-state index in [1.165, 1.54) is 23.1 Å². The highest BCUT2D eigenvalue weighted by Crippen LogP contribution is 2.42. The molecule has 0 atom stereocenters. The zero-order valence-electron chi connectivity index (χ0n) is 12.0. The lowest BCUT2D eigenvalue weighted by Gasteiger charge is -2.36. The van der Waals surface area contributed by atoms with E-state index in [2.05, 4.69) is 20.8 Å². The van der Waals surface area contributed by atoms with Crippen molar-refractivity contribution in [3.63, 3.8) is 0 Å². The molecule has 0 heterocycles. The molecule has 0 aliphatic heterocycles. The van der Waals surface area contributed by atoms with Gasteiger partial charge in [-0.25, -0.2) is 4.79 Å². The third-order valence-corrected chi connectivity index (χ3v) is 4.56. The van der Waals surface area contributed by atoms with Crippen LogP contribution >= 0.6 is 0 Å². The monoisotopic (exact) mass is 246 g/mol. The molecule has 0 fully saturated rings. The fraction of sp³-hybridized carbons (Fsp3) is 0.562. The summed E-state index contributed by atoms with van der Waals surface area (Å²) in [5.74, 6) is -0.792. The summed E-state index contributed by atoms with van der Waals surface area (Å²) in [7, 11) is 0. The summed E-state index contributed by atoms with van der Waals surface area (Å²) in [6, 6.07) is 0. The van der Waals surface area contributed by atoms with Crippen LogP contribution in [-0.4, -0.2) is 11.1 Å². The maximum absolute atomic E-state index is 11.4. The molecule has 18 heavy (non-hydrogen) atoms. The highest BCUT2D eigenvalue weighted by Gasteiger charge is 2.32. The molecule has 1 aromatic carbocycles. The minimum Gasteiger partial charge on any atom is -0.478 e. The van der Waals surface area contributed by atoms with Crippen LogP contribution in [-0.2, 0) is 11.8 Å². The van der Waals surface area contributed by atoms with E-state index in [0.717, 1.165) is 24.0 Å². The minimum atomic E-state index is -0.792. The minimum absolute atomic E-state index is 0.171. The van der Waals surface area contributed by atoms with Crippen molar-refractivity contribution in [2.75, 3.05) is 0 Å². The zero-order valence-corrected chi connectivity index (χ0v) is 12.0. The molecule has 0 radical (unpaired) electrons. The second kappa shape index (κ2) is 4.11. The van der Waals surface area contributed by atoms with Crippen LogP contribution in [0.4, 0.5) is 0 Å². The van der Waals surface area contributed by atoms with Crippen LogP contribution in [0.3, 0.4) is 0 Å². The molecule has 0 saturated carbocycles. The lowest BCUT2D eigenvalue weighted by molar-refractivity contribution is 0.0695. The number of carboxylic acid groups (broad SMARTS) is 1. The first kappa shape index (κ1) is 13.1. The summed E-state index contributed by atoms with van der Waals surface area (Å²) in [4.78, 5) is 11.4. The molecule has 1 aromatic rings. The molecule has 0 bridgehead atoms. The molecule has 0 aromatic heterocycles. The quantitative estimate of drug-likeness (QED) is 0.815. The Morgan fingerprint density at radius 2 is 1.72 bits per heavy atom. The van der Waals surface area contributed by atoms with Gasteiger partial charge in [0.05, 0.1) is 5.56 Å². The van der Waals surface area contributed by atoms with Gasteiger partial charge in [0.25, 0.3) is 0 Å². The van der Waals surface area contributed by atoms with Gasteiger partial charge in [-0.2, -0.15) is 0 Å². The van der Waals surface area contributed by atoms with E-state index in [1.807, 2.05) is 13.8 Å². The van der Waals surface area contributed by atoms with Crippen LogP contribution < -0.4 is 0 Å². The van der Waals surface area contributed by atoms with E-state index < -0.39 is 5.97 Å². The van der Waals surface area contributed by atoms with Gasteiger partial charge in [-0.1, -0.05) is 13.8 Å². The third-order valence-electron chi connectivity index (χ3n) is 4.56. The standard InChI is InChI=1S/C16H22O2/c1-9-10(2)14-12(7-6-8-16(14,4)5)11(3)13(9)15(17)18/h6-8H2,1-5H3,(H,17,18). The highest BCUT2D eigenvalue weighted by molar-refractivity contribution is 5.92. The van der Waals surface area contributed by atoms with E-state index in [-0.39, 0.29) is 5.41 Å². The van der Waals surface area contributed by atoms with E-state index >= 15 is 0 Å². The molecular formula is C16H22O2. The molecule has 1 aliphatic carbocycles. The molecule has 1 N–H and O–H groups in total. The van der Waals surface area contributed by atoms with Crippen molar-refractivity contribution in [1.29, 1.82) is 0 Å². The molecule has 2 nitrogen and oxygen atoms in total. The second-order valence-corrected chi connectivity index (χ2v) is 6.15. The maximum Gasteiger partial charge on any atom is 0.336 e. The molecule has 1 aliphatic rings. The molecular weight excluding hydrogens is 224 g/mol. The van der Waals surface area contributed by atoms with Crippen molar-refractivity contribution in [3.05, 3.63) is 33.4 Å². The van der Waals surface area contributed by atoms with Gasteiger partial charge in [0, 0.05) is 0 Å². The van der Waals surface area contributed by atoms with E-state index in [0.29, 0.717) is 5.56 Å². The Balaban J connectivity index is 2.84. The van der Waals surface area contributed by atoms with E-state index in [4.69, 9.17) is 0 Å². The van der Waals surface area contributed by atoms with Gasteiger partial charge in [-0.3, -0.25) is 0 Å². The number of carbonyl (C=O) groups is 1. The Bertz CT molecular complexity index is 525. The van der Waals surface area contributed by atoms with Crippen molar-refractivity contribution in [2.45, 2.75) is 59.3 Å². The van der Waals surface area contributed by atoms with Crippen molar-refractivity contribution < 1.29 is 9.90 Å². The smallest absolute Gasteiger partial charge is 0.336 e. The first-order chi connectivity index (χ1) is 8.27. The Kier molecular flexibility index (Phi) is 3.00. The van der Waals surface area contributed by atoms with Gasteiger partial charge < -0.3 is 5.11 Å². The van der Waals surface area contributed by atoms with Crippen LogP contribution in [0.25, 0.3) is 0 Å². The second-order valence-electron chi connectivity index (χ2n) is 6.15. The molecule has 0 saturated heterocycles. The maximum atomic E-state index is 11.4. The summed E-state index contributed by atoms with van der Waals surface area (Å²) < 4.78 is 0. The number of fused-ring (bicyclic) bond motifs is 1. The van der Waals surface area contributed by atoms with Crippen LogP contribution in [0.1, 0.15) is 64.9 Å². The predicted octanol–water partition coefficient (Wildman–Crippen LogP) is 3.92. The highest BCUT2D eigenvalue weighted by atomic mass is 16.4. The fourth-order valence-electron chi connectivity index (χ4n) is 3.60. The average Bonchev–Trinajstić information content (AvgIpc) is 2.24. The van der Waals surface area contributed by atoms with Gasteiger partial charge in [0.1, 0.15) is 0 Å². The molecule has 98 valence electrons. The predicted molar refractivity (Wildman–Crippen MR) is 73.6 cm³/mol. The van der Waals surface area contributed by atoms with Crippen LogP contribution in [0.2, 0.25) is 0 Å². The summed E-state index contributed by atoms with van der Waals surface area (Å²) in [6.45, 7) is 10.5. The molecule has 0 amide bonds. The van der Waals surface area contributed by atoms with E-state index in [9.17, 15) is 9.90 Å². The Morgan fingerprint density at radius 1 is 1.11 bits per heavy atom. The van der Waals surface area contributed by atoms with Crippen LogP contribution in [0.15, 0.2) is 0 Å². The lowest BCUT2D eigenvalue weighted by Crippen LogP contribution is -2.27. The topological polar surface area (TPSA) is 37.3 Å². The zero-order chi connectivity index (χ0) is 13.7. The summed E-state index contributed by atoms with van der Waals surface area (Å²) in [5.41, 5.74) is 6.47. The fourth-order valence-corrected chi connectivity index (χ4v) is 3.60. The van der Waals surface area contributed by atoms with Crippen molar-refractivity contribution >= 4 is 5.97 Å². The number of rotatable bonds is 1. The van der Waals surface area contributed by atoms with Gasteiger partial charge in [-0.05, 0) is 73.3 Å². The third kappa shape index (κ3) is 1.75. The number of benzene rings is 1. The van der Waals surface area contributed by atoms with Crippen molar-refractivity contribution in [2.24, 2.45) is 0 Å². The number of hydrogen-bond acceptors (Lipinski definition) is 1. The average molecular weight is 246 g/mol. The molecule has 0 unspecified atom stereocenters. The normalized spacial score (nSPS) is 17.4. The van der Waals surface area contributed by atoms with E-state index in [1.54, 1.807) is 0 Å². The summed E-state index contributed by atoms with van der Waals surface area (Å²) >= 11 is 0. The van der Waals surface area contributed by atoms with Gasteiger partial charge in [-0.15, -0.1) is 0 Å².